The summed E-state index contributed by atoms with van der Waals surface area (Å²) >= 11 is 0. The van der Waals surface area contributed by atoms with Crippen molar-refractivity contribution in [3.63, 3.8) is 0 Å². The molecule has 0 unspecified atom stereocenters. The minimum atomic E-state index is -0.926. The number of hydrogen-bond acceptors (Lipinski definition) is 7. The van der Waals surface area contributed by atoms with Gasteiger partial charge in [-0.25, -0.2) is 0 Å². The van der Waals surface area contributed by atoms with Gasteiger partial charge in [0.1, 0.15) is 10.5 Å². The highest BCUT2D eigenvalue weighted by molar-refractivity contribution is 6.54. The van der Waals surface area contributed by atoms with Crippen LogP contribution >= 0.6 is 0 Å². The third-order valence-corrected chi connectivity index (χ3v) is 12.4. The topological polar surface area (TPSA) is 64.6 Å². The molecule has 0 saturated heterocycles. The van der Waals surface area contributed by atoms with E-state index in [0.29, 0.717) is 0 Å². The van der Waals surface area contributed by atoms with Crippen LogP contribution in [0.1, 0.15) is 5.56 Å². The van der Waals surface area contributed by atoms with Gasteiger partial charge in [-0.1, -0.05) is 36.9 Å². The first-order chi connectivity index (χ1) is 11.4. The van der Waals surface area contributed by atoms with Gasteiger partial charge in [-0.2, -0.15) is 0 Å². The lowest BCUT2D eigenvalue weighted by molar-refractivity contribution is 0.372. The van der Waals surface area contributed by atoms with E-state index in [1.807, 2.05) is 6.08 Å². The van der Waals surface area contributed by atoms with E-state index in [4.69, 9.17) is 28.8 Å². The summed E-state index contributed by atoms with van der Waals surface area (Å²) in [5.74, 6) is 0. The quantitative estimate of drug-likeness (QED) is 0.192. The molecule has 1 aromatic rings. The lowest BCUT2D eigenvalue weighted by Crippen LogP contribution is -2.23. The number of benzene rings is 1. The van der Waals surface area contributed by atoms with E-state index in [0.717, 1.165) is 16.0 Å². The Hall–Kier alpha value is 0.415. The largest absolute Gasteiger partial charge is 0.449 e. The SMILES string of the molecule is C=Cc1ccc([SiH2]O[SiH2]O[SiH2]O[SiH2]O[SiH2]O[SiH2]O[SiH2]O[SiH3])cc1. The monoisotopic (exact) mass is 456 g/mol. The summed E-state index contributed by atoms with van der Waals surface area (Å²) in [7, 11) is -5.15. The molecule has 0 aromatic heterocycles. The van der Waals surface area contributed by atoms with Gasteiger partial charge in [-0.15, -0.1) is 0 Å². The van der Waals surface area contributed by atoms with Crippen LogP contribution in [0.2, 0.25) is 0 Å². The van der Waals surface area contributed by atoms with Gasteiger partial charge in [-0.05, 0) is 10.8 Å². The molecule has 0 atom stereocenters. The van der Waals surface area contributed by atoms with Crippen molar-refractivity contribution in [3.8, 4) is 0 Å². The summed E-state index contributed by atoms with van der Waals surface area (Å²) in [6, 6.07) is 8.31. The van der Waals surface area contributed by atoms with E-state index in [-0.39, 0.29) is 0 Å². The minimum absolute atomic E-state index is 0.671. The van der Waals surface area contributed by atoms with Gasteiger partial charge in [0.2, 0.25) is 0 Å². The highest BCUT2D eigenvalue weighted by Crippen LogP contribution is 1.97. The average molecular weight is 457 g/mol. The molecule has 0 heterocycles. The van der Waals surface area contributed by atoms with Gasteiger partial charge < -0.3 is 28.8 Å². The van der Waals surface area contributed by atoms with E-state index in [2.05, 4.69) is 30.8 Å². The molecular formula is C8H24O7Si8. The lowest BCUT2D eigenvalue weighted by Gasteiger charge is -2.08. The fraction of sp³-hybridized carbons (Fsp3) is 0. The van der Waals surface area contributed by atoms with Crippen molar-refractivity contribution in [3.05, 3.63) is 36.4 Å². The molecule has 1 rings (SSSR count). The Kier molecular flexibility index (Phi) is 14.8. The van der Waals surface area contributed by atoms with Crippen LogP contribution in [0.4, 0.5) is 0 Å². The molecule has 0 bridgehead atoms. The minimum Gasteiger partial charge on any atom is -0.449 e. The second-order valence-corrected chi connectivity index (χ2v) is 18.9. The molecule has 7 nitrogen and oxygen atoms in total. The smallest absolute Gasteiger partial charge is 0.286 e. The first kappa shape index (κ1) is 21.5. The Morgan fingerprint density at radius 2 is 1.22 bits per heavy atom. The molecular weight excluding hydrogens is 433 g/mol. The normalized spacial score (nSPS) is 14.6. The van der Waals surface area contributed by atoms with Crippen LogP contribution in [0, 0.1) is 0 Å². The molecule has 0 spiro atoms. The van der Waals surface area contributed by atoms with E-state index in [1.54, 1.807) is 0 Å². The van der Waals surface area contributed by atoms with Crippen LogP contribution in [0.5, 0.6) is 0 Å². The van der Waals surface area contributed by atoms with Crippen LogP contribution < -0.4 is 5.19 Å². The van der Waals surface area contributed by atoms with Crippen LogP contribution in [0.3, 0.4) is 0 Å². The third-order valence-electron chi connectivity index (χ3n) is 2.52. The second kappa shape index (κ2) is 15.9. The maximum atomic E-state index is 5.70. The van der Waals surface area contributed by atoms with Crippen molar-refractivity contribution in [2.24, 2.45) is 0 Å². The predicted octanol–water partition coefficient (Wildman–Crippen LogP) is -6.57. The molecule has 0 radical (unpaired) electrons. The van der Waals surface area contributed by atoms with Gasteiger partial charge in [0.05, 0.1) is 0 Å². The molecule has 0 aliphatic heterocycles. The van der Waals surface area contributed by atoms with Gasteiger partial charge in [0.25, 0.3) is 60.0 Å². The maximum absolute atomic E-state index is 5.70. The van der Waals surface area contributed by atoms with Gasteiger partial charge in [0, 0.05) is 0 Å². The van der Waals surface area contributed by atoms with Crippen molar-refractivity contribution in [1.82, 2.24) is 0 Å². The van der Waals surface area contributed by atoms with Crippen LogP contribution in [0.15, 0.2) is 30.8 Å². The standard InChI is InChI=1S/C8H24O7Si8/c1-2-7-3-5-8(6-4-7)17-10-19-12-21-14-23-15-22-13-20-11-18-9-16/h2-6H,1,17-23H2,16H3. The lowest BCUT2D eigenvalue weighted by atomic mass is 10.2. The van der Waals surface area contributed by atoms with Gasteiger partial charge in [0.15, 0.2) is 9.76 Å². The van der Waals surface area contributed by atoms with Gasteiger partial charge >= 0.3 is 0 Å². The summed E-state index contributed by atoms with van der Waals surface area (Å²) in [6.07, 6.45) is 1.84. The Morgan fingerprint density at radius 1 is 0.739 bits per heavy atom. The van der Waals surface area contributed by atoms with Crippen LogP contribution in [0.25, 0.3) is 6.08 Å². The first-order valence-corrected chi connectivity index (χ1v) is 16.1. The van der Waals surface area contributed by atoms with Crippen LogP contribution in [-0.4, -0.2) is 80.3 Å². The molecule has 15 heteroatoms. The Bertz CT molecular complexity index is 410. The van der Waals surface area contributed by atoms with Crippen molar-refractivity contribution in [2.75, 3.05) is 0 Å². The summed E-state index contributed by atoms with van der Waals surface area (Å²) in [6.45, 7) is 3.74. The molecule has 130 valence electrons. The highest BCUT2D eigenvalue weighted by atomic mass is 28.4. The number of hydrogen-bond donors (Lipinski definition) is 0. The second-order valence-electron chi connectivity index (χ2n) is 4.31. The van der Waals surface area contributed by atoms with E-state index in [9.17, 15) is 0 Å². The molecule has 0 aliphatic carbocycles. The zero-order chi connectivity index (χ0) is 16.6. The van der Waals surface area contributed by atoms with Crippen molar-refractivity contribution >= 4 is 91.6 Å². The molecule has 0 aliphatic rings. The molecule has 0 N–H and O–H groups in total. The van der Waals surface area contributed by atoms with E-state index in [1.165, 1.54) is 5.19 Å². The van der Waals surface area contributed by atoms with E-state index >= 15 is 0 Å². The van der Waals surface area contributed by atoms with Crippen molar-refractivity contribution in [2.45, 2.75) is 0 Å². The highest BCUT2D eigenvalue weighted by Gasteiger charge is 1.97. The fourth-order valence-corrected chi connectivity index (χ4v) is 14.3. The van der Waals surface area contributed by atoms with Crippen molar-refractivity contribution < 1.29 is 28.8 Å². The zero-order valence-corrected chi connectivity index (χ0v) is 25.3. The predicted molar refractivity (Wildman–Crippen MR) is 114 cm³/mol. The molecule has 0 amide bonds. The first-order valence-electron chi connectivity index (χ1n) is 7.03. The fourth-order valence-electron chi connectivity index (χ4n) is 1.46. The Balaban J connectivity index is 1.83. The summed E-state index contributed by atoms with van der Waals surface area (Å²) in [4.78, 5) is 0. The third kappa shape index (κ3) is 12.4. The molecule has 1 aromatic carbocycles. The van der Waals surface area contributed by atoms with Crippen molar-refractivity contribution in [1.29, 1.82) is 0 Å². The molecule has 0 fully saturated rings. The Morgan fingerprint density at radius 3 is 1.70 bits per heavy atom. The van der Waals surface area contributed by atoms with E-state index < -0.39 is 69.8 Å². The average Bonchev–Trinajstić information content (AvgIpc) is 2.59. The van der Waals surface area contributed by atoms with Gasteiger partial charge in [-0.3, -0.25) is 0 Å². The molecule has 0 saturated carbocycles. The maximum Gasteiger partial charge on any atom is 0.286 e. The number of rotatable bonds is 15. The summed E-state index contributed by atoms with van der Waals surface area (Å²) in [5, 5.41) is 1.28. The zero-order valence-electron chi connectivity index (χ0n) is 13.4. The summed E-state index contributed by atoms with van der Waals surface area (Å²) < 4.78 is 37.7. The molecule has 23 heavy (non-hydrogen) atoms. The Labute approximate surface area is 156 Å². The summed E-state index contributed by atoms with van der Waals surface area (Å²) in [5.41, 5.74) is 1.13. The van der Waals surface area contributed by atoms with Crippen LogP contribution in [-0.2, 0) is 28.8 Å².